The number of rotatable bonds is 11. The van der Waals surface area contributed by atoms with Gasteiger partial charge in [0, 0.05) is 10.8 Å². The van der Waals surface area contributed by atoms with Crippen LogP contribution in [0.25, 0.3) is 0 Å². The number of hydrogen-bond acceptors (Lipinski definition) is 18. The number of carboxylic acids is 1. The number of aliphatic carboxylic acids is 1. The molecule has 2 aliphatic heterocycles. The Balaban J connectivity index is 0.000000995. The maximum Gasteiger partial charge on any atom is 0.327 e. The number of carboxylic acid groups (broad SMARTS) is 1. The summed E-state index contributed by atoms with van der Waals surface area (Å²) in [6.07, 6.45) is 20.3. The Hall–Kier alpha value is -1.11. The fourth-order valence-corrected chi connectivity index (χ4v) is 19.9. The number of carbonyl (C=O) groups is 4. The lowest BCUT2D eigenvalue weighted by Crippen LogP contribution is -2.47. The third-order valence-electron chi connectivity index (χ3n) is 15.5. The zero-order valence-electron chi connectivity index (χ0n) is 42.5. The number of esters is 1. The van der Waals surface area contributed by atoms with Crippen LogP contribution in [0, 0.1) is 39.4 Å². The van der Waals surface area contributed by atoms with Crippen LogP contribution in [-0.4, -0.2) is 155 Å². The fraction of sp³-hybridized carbons (Fsp3) is 0.854. The number of carbonyl (C=O) groups excluding carboxylic acids is 3. The summed E-state index contributed by atoms with van der Waals surface area (Å²) in [5.74, 6) is -0.540. The van der Waals surface area contributed by atoms with Crippen molar-refractivity contribution in [3.05, 3.63) is 0 Å². The van der Waals surface area contributed by atoms with E-state index in [2.05, 4.69) is 47.4 Å². The van der Waals surface area contributed by atoms with E-state index < -0.39 is 32.1 Å². The van der Waals surface area contributed by atoms with E-state index in [1.807, 2.05) is 51.4 Å². The first-order valence-corrected chi connectivity index (χ1v) is 33.6. The Morgan fingerprint density at radius 3 is 1.41 bits per heavy atom. The molecule has 6 aliphatic rings. The summed E-state index contributed by atoms with van der Waals surface area (Å²) < 4.78 is 61.0. The number of nitrogens with zero attached hydrogens (tertiary/aromatic N) is 5. The molecule has 4 bridgehead atoms. The predicted molar refractivity (Wildman–Crippen MR) is 312 cm³/mol. The molecule has 1 N–H and O–H groups in total. The first kappa shape index (κ1) is 69.9. The quantitative estimate of drug-likeness (QED) is 0.116. The molecule has 0 aromatic heterocycles. The maximum atomic E-state index is 13.4. The second-order valence-corrected chi connectivity index (χ2v) is 28.5. The van der Waals surface area contributed by atoms with Gasteiger partial charge in [-0.25, -0.2) is 25.4 Å². The van der Waals surface area contributed by atoms with Gasteiger partial charge in [-0.15, -0.1) is 70.6 Å². The molecule has 4 saturated carbocycles. The Kier molecular flexibility index (Phi) is 29.0. The van der Waals surface area contributed by atoms with Crippen molar-refractivity contribution in [2.45, 2.75) is 153 Å². The number of ether oxygens (including phenoxy) is 1. The first-order valence-electron chi connectivity index (χ1n) is 23.1. The maximum absolute atomic E-state index is 13.4. The summed E-state index contributed by atoms with van der Waals surface area (Å²) in [6, 6.07) is -0.923. The molecule has 2 heterocycles. The van der Waals surface area contributed by atoms with Crippen molar-refractivity contribution in [1.29, 1.82) is 0 Å². The summed E-state index contributed by atoms with van der Waals surface area (Å²) in [7, 11) is -5.74. The molecule has 2 saturated heterocycles. The molecule has 15 nitrogen and oxygen atoms in total. The van der Waals surface area contributed by atoms with Crippen molar-refractivity contribution < 1.29 is 45.9 Å². The van der Waals surface area contributed by atoms with Crippen LogP contribution in [0.1, 0.15) is 135 Å². The molecule has 2 spiro atoms. The third-order valence-corrected chi connectivity index (χ3v) is 25.2. The van der Waals surface area contributed by atoms with Crippen molar-refractivity contribution in [3.63, 3.8) is 0 Å². The van der Waals surface area contributed by atoms with Crippen molar-refractivity contribution in [3.8, 4) is 0 Å². The van der Waals surface area contributed by atoms with E-state index >= 15 is 0 Å². The third kappa shape index (κ3) is 15.1. The molecule has 71 heavy (non-hydrogen) atoms. The number of methoxy groups -OCH3 is 1. The summed E-state index contributed by atoms with van der Waals surface area (Å²) >= 11 is 9.02. The minimum absolute atomic E-state index is 0. The van der Waals surface area contributed by atoms with Crippen LogP contribution in [0.2, 0.25) is 0 Å². The molecule has 2 amide bonds. The fourth-order valence-electron chi connectivity index (χ4n) is 11.6. The number of amides is 2. The van der Waals surface area contributed by atoms with Crippen molar-refractivity contribution in [2.24, 2.45) is 54.4 Å². The minimum atomic E-state index is -3.57. The summed E-state index contributed by atoms with van der Waals surface area (Å²) in [5.41, 5.74) is -0.550. The number of sulfonamides is 2. The number of hydrogen-bond donors (Lipinski definition) is 1. The van der Waals surface area contributed by atoms with Gasteiger partial charge in [0.15, 0.2) is 0 Å². The van der Waals surface area contributed by atoms with Crippen LogP contribution < -0.4 is 0 Å². The van der Waals surface area contributed by atoms with Gasteiger partial charge < -0.3 is 9.84 Å². The zero-order valence-corrected chi connectivity index (χ0v) is 49.0. The van der Waals surface area contributed by atoms with Crippen LogP contribution in [0.3, 0.4) is 0 Å². The first-order chi connectivity index (χ1) is 31.8. The molecular formula is C48H89N5O10S8. The smallest absolute Gasteiger partial charge is 0.327 e. The second kappa shape index (κ2) is 29.4. The standard InChI is InChI=1S/C18H30N2O3S3.C15H24N2O3S3.C6H11NO2S2.C6H12O2.3CH4/c1-6-7-13(19-16(24-4)25-5)15(21)20-14-10-12-8-9-18(14,17(12,2)3)11-26(20,22)23;1-14(2)10-5-6-15(14)9-23(19,20)17(11(15)7-10)12(18)8-16-13(21-3)22-4;1-9-5(8)4-7-6(10-2)11-3;1-3-4-5(2)6(7)8;;;/h12-14H,6-11H2,1-5H3;10-11H,5-9H2,1-4H3;4H2,1-3H3;5H,3-4H2,1-2H3,(H,7,8);3*1H4/t12?,13-,14?,18?;;;5-;;;/m0..0.../s1. The van der Waals surface area contributed by atoms with Crippen LogP contribution in [0.4, 0.5) is 0 Å². The molecule has 0 radical (unpaired) electrons. The monoisotopic (exact) mass is 1150 g/mol. The van der Waals surface area contributed by atoms with Gasteiger partial charge in [0.1, 0.15) is 32.3 Å². The van der Waals surface area contributed by atoms with Gasteiger partial charge in [-0.2, -0.15) is 0 Å². The highest BCUT2D eigenvalue weighted by molar-refractivity contribution is 8.39. The van der Waals surface area contributed by atoms with Gasteiger partial charge in [0.2, 0.25) is 20.0 Å². The molecule has 6 fully saturated rings. The van der Waals surface area contributed by atoms with Gasteiger partial charge >= 0.3 is 11.9 Å². The Labute approximate surface area is 455 Å². The largest absolute Gasteiger partial charge is 0.481 e. The molecule has 23 heteroatoms. The second-order valence-electron chi connectivity index (χ2n) is 19.3. The molecule has 8 atom stereocenters. The van der Waals surface area contributed by atoms with Gasteiger partial charge in [-0.1, -0.05) is 83.6 Å². The van der Waals surface area contributed by atoms with Gasteiger partial charge in [-0.3, -0.25) is 34.2 Å². The van der Waals surface area contributed by atoms with Crippen LogP contribution in [0.15, 0.2) is 15.0 Å². The summed E-state index contributed by atoms with van der Waals surface area (Å²) in [5, 5.41) is 8.31. The van der Waals surface area contributed by atoms with Crippen molar-refractivity contribution in [1.82, 2.24) is 8.61 Å². The number of fused-ring (bicyclic) bond motifs is 2. The van der Waals surface area contributed by atoms with E-state index in [1.165, 1.54) is 86.3 Å². The molecule has 4 aliphatic carbocycles. The average Bonchev–Trinajstić information content (AvgIpc) is 3.99. The van der Waals surface area contributed by atoms with E-state index in [1.54, 1.807) is 6.92 Å². The zero-order chi connectivity index (χ0) is 51.6. The topological polar surface area (TPSA) is 210 Å². The molecule has 6 unspecified atom stereocenters. The normalized spacial score (nSPS) is 27.2. The lowest BCUT2D eigenvalue weighted by Gasteiger charge is -2.37. The van der Waals surface area contributed by atoms with Gasteiger partial charge in [0.25, 0.3) is 11.8 Å². The van der Waals surface area contributed by atoms with Crippen molar-refractivity contribution in [2.75, 3.05) is 69.2 Å². The van der Waals surface area contributed by atoms with Gasteiger partial charge in [0.05, 0.1) is 36.6 Å². The Bertz CT molecular complexity index is 2100. The Morgan fingerprint density at radius 1 is 0.662 bits per heavy atom. The highest BCUT2D eigenvalue weighted by Gasteiger charge is 2.73. The molecule has 6 rings (SSSR count). The van der Waals surface area contributed by atoms with E-state index in [0.29, 0.717) is 18.3 Å². The van der Waals surface area contributed by atoms with Gasteiger partial charge in [-0.05, 0) is 112 Å². The molecular weight excluding hydrogens is 1060 g/mol. The number of thioether (sulfide) groups is 6. The molecule has 0 aromatic rings. The SMILES string of the molecule is C.C.C.CCC[C@H](C)C(=O)O.CCC[C@H](N=C(SC)SC)C(=O)N1C2CC3CCC2(CS1(=O)=O)C3(C)C.COC(=O)CN=C(SC)SC.CSC(=NCC(=O)N1C2CC3CCC2(CS1(=O)=O)C3(C)C)SC. The molecule has 414 valence electrons. The van der Waals surface area contributed by atoms with Crippen molar-refractivity contribution >= 4 is 127 Å². The van der Waals surface area contributed by atoms with Crippen LogP contribution >= 0.6 is 70.6 Å². The lowest BCUT2D eigenvalue weighted by molar-refractivity contribution is -0.141. The number of aliphatic imine (C=N–C) groups is 3. The minimum Gasteiger partial charge on any atom is -0.481 e. The Morgan fingerprint density at radius 2 is 1.06 bits per heavy atom. The summed E-state index contributed by atoms with van der Waals surface area (Å²) in [4.78, 5) is 59.6. The van der Waals surface area contributed by atoms with E-state index in [9.17, 15) is 36.0 Å². The van der Waals surface area contributed by atoms with E-state index in [-0.39, 0.29) is 104 Å². The van der Waals surface area contributed by atoms with E-state index in [4.69, 9.17) is 5.11 Å². The highest BCUT2D eigenvalue weighted by atomic mass is 32.2. The van der Waals surface area contributed by atoms with Crippen LogP contribution in [0.5, 0.6) is 0 Å². The van der Waals surface area contributed by atoms with E-state index in [0.717, 1.165) is 70.9 Å². The molecule has 0 aromatic carbocycles. The highest BCUT2D eigenvalue weighted by Crippen LogP contribution is 2.71. The average molecular weight is 1150 g/mol. The lowest BCUT2D eigenvalue weighted by atomic mass is 9.69. The van der Waals surface area contributed by atoms with Crippen LogP contribution in [-0.2, 0) is 44.0 Å². The predicted octanol–water partition coefficient (Wildman–Crippen LogP) is 10.7. The summed E-state index contributed by atoms with van der Waals surface area (Å²) in [6.45, 7) is 14.5.